The van der Waals surface area contributed by atoms with Gasteiger partial charge in [0.15, 0.2) is 5.82 Å². The summed E-state index contributed by atoms with van der Waals surface area (Å²) in [5, 5.41) is 5.45. The lowest BCUT2D eigenvalue weighted by Crippen LogP contribution is -2.32. The average Bonchev–Trinajstić information content (AvgIpc) is 3.36. The molecule has 4 aromatic rings. The number of aromatic nitrogens is 2. The van der Waals surface area contributed by atoms with Crippen LogP contribution in [-0.4, -0.2) is 66.0 Å². The van der Waals surface area contributed by atoms with Gasteiger partial charge in [0, 0.05) is 30.1 Å². The molecule has 0 unspecified atom stereocenters. The van der Waals surface area contributed by atoms with E-state index in [1.165, 1.54) is 27.1 Å². The van der Waals surface area contributed by atoms with Gasteiger partial charge >= 0.3 is 0 Å². The first-order valence-electron chi connectivity index (χ1n) is 14.3. The lowest BCUT2D eigenvalue weighted by Gasteiger charge is -2.23. The Balaban J connectivity index is 1.53. The van der Waals surface area contributed by atoms with Crippen LogP contribution >= 0.6 is 11.3 Å². The van der Waals surface area contributed by atoms with Crippen LogP contribution in [0.25, 0.3) is 21.6 Å². The molecule has 0 amide bonds. The summed E-state index contributed by atoms with van der Waals surface area (Å²) < 4.78 is 6.78. The fourth-order valence-corrected chi connectivity index (χ4v) is 6.61. The molecule has 210 valence electrons. The van der Waals surface area contributed by atoms with Crippen molar-refractivity contribution in [2.75, 3.05) is 40.3 Å². The predicted molar refractivity (Wildman–Crippen MR) is 166 cm³/mol. The number of likely N-dealkylation sites (N-methyl/N-ethyl adjacent to an activating group) is 2. The number of methoxy groups -OCH3 is 1. The monoisotopic (exact) mass is 557 g/mol. The number of thiophene rings is 1. The molecule has 2 aromatic heterocycles. The second-order valence-electron chi connectivity index (χ2n) is 10.4. The van der Waals surface area contributed by atoms with Crippen LogP contribution in [0, 0.1) is 0 Å². The quantitative estimate of drug-likeness (QED) is 0.223. The standard InChI is InChI=1S/C32H39N5O2S/c1-5-36(6-2)19-18-35(3)22-24-10-9-11-25(20-24)30-34-31-29(27-12-7-8-13-28(27)40-31)32(38)37(30)33-21-23-14-16-26(39-4)17-15-23/h9-11,14-17,20-21H,5-8,12-13,18-19,22H2,1-4H3/b33-21+. The van der Waals surface area contributed by atoms with E-state index in [2.05, 4.69) is 48.9 Å². The summed E-state index contributed by atoms with van der Waals surface area (Å²) in [6, 6.07) is 16.0. The minimum absolute atomic E-state index is 0.0918. The lowest BCUT2D eigenvalue weighted by atomic mass is 9.97. The number of fused-ring (bicyclic) bond motifs is 3. The van der Waals surface area contributed by atoms with Crippen molar-refractivity contribution in [2.45, 2.75) is 46.1 Å². The first-order chi connectivity index (χ1) is 19.5. The smallest absolute Gasteiger partial charge is 0.283 e. The Bertz CT molecular complexity index is 1540. The Morgan fingerprint density at radius 2 is 1.85 bits per heavy atom. The predicted octanol–water partition coefficient (Wildman–Crippen LogP) is 5.67. The van der Waals surface area contributed by atoms with Gasteiger partial charge in [-0.3, -0.25) is 4.79 Å². The fraction of sp³-hybridized carbons (Fsp3) is 0.406. The minimum atomic E-state index is -0.0918. The van der Waals surface area contributed by atoms with E-state index in [1.54, 1.807) is 24.7 Å². The molecule has 0 N–H and O–H groups in total. The number of hydrogen-bond donors (Lipinski definition) is 0. The fourth-order valence-electron chi connectivity index (χ4n) is 5.36. The second-order valence-corrected chi connectivity index (χ2v) is 11.5. The highest BCUT2D eigenvalue weighted by Crippen LogP contribution is 2.35. The van der Waals surface area contributed by atoms with Crippen molar-refractivity contribution < 1.29 is 4.74 Å². The van der Waals surface area contributed by atoms with Gasteiger partial charge in [0.25, 0.3) is 5.56 Å². The minimum Gasteiger partial charge on any atom is -0.497 e. The zero-order valence-corrected chi connectivity index (χ0v) is 24.8. The molecule has 2 aromatic carbocycles. The Morgan fingerprint density at radius 3 is 2.60 bits per heavy atom. The molecule has 0 saturated carbocycles. The van der Waals surface area contributed by atoms with E-state index in [9.17, 15) is 4.79 Å². The molecule has 1 aliphatic carbocycles. The van der Waals surface area contributed by atoms with Gasteiger partial charge in [0.2, 0.25) is 0 Å². The molecule has 0 fully saturated rings. The van der Waals surface area contributed by atoms with Gasteiger partial charge < -0.3 is 14.5 Å². The van der Waals surface area contributed by atoms with Crippen LogP contribution in [0.4, 0.5) is 0 Å². The van der Waals surface area contributed by atoms with E-state index in [-0.39, 0.29) is 5.56 Å². The third-order valence-electron chi connectivity index (χ3n) is 7.74. The Hall–Kier alpha value is -3.33. The van der Waals surface area contributed by atoms with Gasteiger partial charge in [-0.2, -0.15) is 9.78 Å². The highest BCUT2D eigenvalue weighted by Gasteiger charge is 2.23. The van der Waals surface area contributed by atoms with Gasteiger partial charge in [-0.25, -0.2) is 4.98 Å². The Kier molecular flexibility index (Phi) is 9.09. The largest absolute Gasteiger partial charge is 0.497 e. The summed E-state index contributed by atoms with van der Waals surface area (Å²) in [6.07, 6.45) is 5.96. The molecule has 0 saturated heterocycles. The molecule has 5 rings (SSSR count). The van der Waals surface area contributed by atoms with Crippen LogP contribution in [0.5, 0.6) is 5.75 Å². The normalized spacial score (nSPS) is 13.6. The second kappa shape index (κ2) is 12.9. The van der Waals surface area contributed by atoms with Crippen molar-refractivity contribution in [3.8, 4) is 17.1 Å². The van der Waals surface area contributed by atoms with Crippen molar-refractivity contribution in [1.29, 1.82) is 0 Å². The third kappa shape index (κ3) is 6.19. The van der Waals surface area contributed by atoms with Crippen LogP contribution < -0.4 is 10.3 Å². The molecule has 0 bridgehead atoms. The van der Waals surface area contributed by atoms with Crippen LogP contribution in [0.3, 0.4) is 0 Å². The number of aryl methyl sites for hydroxylation is 2. The summed E-state index contributed by atoms with van der Waals surface area (Å²) in [6.45, 7) is 9.40. The maximum Gasteiger partial charge on any atom is 0.283 e. The molecular weight excluding hydrogens is 518 g/mol. The van der Waals surface area contributed by atoms with E-state index in [0.29, 0.717) is 5.82 Å². The van der Waals surface area contributed by atoms with Crippen molar-refractivity contribution in [3.63, 3.8) is 0 Å². The van der Waals surface area contributed by atoms with Gasteiger partial charge in [0.1, 0.15) is 10.6 Å². The van der Waals surface area contributed by atoms with Gasteiger partial charge in [-0.15, -0.1) is 11.3 Å². The molecule has 8 heteroatoms. The van der Waals surface area contributed by atoms with E-state index >= 15 is 0 Å². The van der Waals surface area contributed by atoms with Crippen LogP contribution in [-0.2, 0) is 19.4 Å². The highest BCUT2D eigenvalue weighted by molar-refractivity contribution is 7.18. The van der Waals surface area contributed by atoms with E-state index in [1.807, 2.05) is 30.3 Å². The topological polar surface area (TPSA) is 63.0 Å². The highest BCUT2D eigenvalue weighted by atomic mass is 32.1. The third-order valence-corrected chi connectivity index (χ3v) is 8.92. The molecule has 1 aliphatic rings. The van der Waals surface area contributed by atoms with Gasteiger partial charge in [-0.05, 0) is 92.8 Å². The number of hydrogen-bond acceptors (Lipinski definition) is 7. The summed E-state index contributed by atoms with van der Waals surface area (Å²) in [5.41, 5.74) is 4.05. The maximum atomic E-state index is 14.0. The molecule has 0 aliphatic heterocycles. The van der Waals surface area contributed by atoms with E-state index in [0.717, 1.165) is 79.1 Å². The zero-order chi connectivity index (χ0) is 28.1. The van der Waals surface area contributed by atoms with Crippen molar-refractivity contribution in [2.24, 2.45) is 5.10 Å². The number of nitrogens with zero attached hydrogens (tertiary/aromatic N) is 5. The van der Waals surface area contributed by atoms with E-state index < -0.39 is 0 Å². The first-order valence-corrected chi connectivity index (χ1v) is 15.1. The molecule has 40 heavy (non-hydrogen) atoms. The van der Waals surface area contributed by atoms with Crippen LogP contribution in [0.2, 0.25) is 0 Å². The summed E-state index contributed by atoms with van der Waals surface area (Å²) in [7, 11) is 3.81. The van der Waals surface area contributed by atoms with Gasteiger partial charge in [-0.1, -0.05) is 32.0 Å². The number of ether oxygens (including phenoxy) is 1. The molecule has 7 nitrogen and oxygen atoms in total. The van der Waals surface area contributed by atoms with E-state index in [4.69, 9.17) is 14.8 Å². The number of benzene rings is 2. The zero-order valence-electron chi connectivity index (χ0n) is 24.0. The molecule has 0 spiro atoms. The Labute approximate surface area is 240 Å². The van der Waals surface area contributed by atoms with Crippen molar-refractivity contribution >= 4 is 27.8 Å². The molecule has 0 radical (unpaired) electrons. The average molecular weight is 558 g/mol. The lowest BCUT2D eigenvalue weighted by molar-refractivity contribution is 0.236. The summed E-state index contributed by atoms with van der Waals surface area (Å²) in [5.74, 6) is 1.36. The van der Waals surface area contributed by atoms with Crippen LogP contribution in [0.1, 0.15) is 48.3 Å². The van der Waals surface area contributed by atoms with Crippen LogP contribution in [0.15, 0.2) is 58.4 Å². The summed E-state index contributed by atoms with van der Waals surface area (Å²) >= 11 is 1.68. The van der Waals surface area contributed by atoms with Gasteiger partial charge in [0.05, 0.1) is 18.7 Å². The number of rotatable bonds is 11. The molecule has 0 atom stereocenters. The van der Waals surface area contributed by atoms with Crippen molar-refractivity contribution in [1.82, 2.24) is 19.5 Å². The first kappa shape index (κ1) is 28.2. The Morgan fingerprint density at radius 1 is 1.07 bits per heavy atom. The molecule has 2 heterocycles. The van der Waals surface area contributed by atoms with Crippen molar-refractivity contribution in [3.05, 3.63) is 80.5 Å². The molecular formula is C32H39N5O2S. The SMILES string of the molecule is CCN(CC)CCN(C)Cc1cccc(-c2nc3sc4c(c3c(=O)n2/N=C/c2ccc(OC)cc2)CCCC4)c1. The maximum absolute atomic E-state index is 14.0. The summed E-state index contributed by atoms with van der Waals surface area (Å²) in [4.78, 5) is 26.0.